The van der Waals surface area contributed by atoms with Crippen LogP contribution >= 0.6 is 7.60 Å². The summed E-state index contributed by atoms with van der Waals surface area (Å²) in [6, 6.07) is 0. The lowest BCUT2D eigenvalue weighted by molar-refractivity contribution is -0.112. The van der Waals surface area contributed by atoms with E-state index in [9.17, 15) is 9.36 Å². The van der Waals surface area contributed by atoms with Crippen LogP contribution in [0.2, 0.25) is 0 Å². The highest BCUT2D eigenvalue weighted by atomic mass is 31.2. The maximum Gasteiger partial charge on any atom is 0.337 e. The molecule has 0 N–H and O–H groups in total. The monoisotopic (exact) mass is 342 g/mol. The highest BCUT2D eigenvalue weighted by Crippen LogP contribution is 2.46. The molecular weight excluding hydrogens is 311 g/mol. The third-order valence-corrected chi connectivity index (χ3v) is 5.25. The number of carbonyl (C=O) groups excluding carboxylic acids is 1. The second-order valence-electron chi connectivity index (χ2n) is 6.00. The molecule has 0 saturated carbocycles. The maximum atomic E-state index is 11.9. The molecule has 0 bridgehead atoms. The SMILES string of the molecule is COP(=O)(CC(=O)C=C(C)CCC=C(C)CCC=C(C)C)OC. The van der Waals surface area contributed by atoms with E-state index in [0.29, 0.717) is 0 Å². The van der Waals surface area contributed by atoms with E-state index in [1.807, 2.05) is 6.92 Å². The zero-order chi connectivity index (χ0) is 17.9. The molecule has 0 aliphatic carbocycles. The van der Waals surface area contributed by atoms with Crippen molar-refractivity contribution in [3.63, 3.8) is 0 Å². The van der Waals surface area contributed by atoms with Gasteiger partial charge >= 0.3 is 7.60 Å². The Bertz CT molecular complexity index is 503. The largest absolute Gasteiger partial charge is 0.337 e. The first kappa shape index (κ1) is 22.0. The smallest absolute Gasteiger partial charge is 0.312 e. The summed E-state index contributed by atoms with van der Waals surface area (Å²) in [6.45, 7) is 8.26. The molecule has 0 unspecified atom stereocenters. The van der Waals surface area contributed by atoms with E-state index in [-0.39, 0.29) is 11.9 Å². The lowest BCUT2D eigenvalue weighted by atomic mass is 10.1. The van der Waals surface area contributed by atoms with Crippen molar-refractivity contribution in [2.75, 3.05) is 20.4 Å². The highest BCUT2D eigenvalue weighted by molar-refractivity contribution is 7.54. The minimum Gasteiger partial charge on any atom is -0.312 e. The molecule has 4 nitrogen and oxygen atoms in total. The molecule has 0 aliphatic heterocycles. The second-order valence-corrected chi connectivity index (χ2v) is 8.27. The predicted octanol–water partition coefficient (Wildman–Crippen LogP) is 5.46. The van der Waals surface area contributed by atoms with Gasteiger partial charge in [0, 0.05) is 14.2 Å². The van der Waals surface area contributed by atoms with Crippen molar-refractivity contribution < 1.29 is 18.4 Å². The molecule has 0 spiro atoms. The summed E-state index contributed by atoms with van der Waals surface area (Å²) in [4.78, 5) is 11.9. The summed E-state index contributed by atoms with van der Waals surface area (Å²) in [5.41, 5.74) is 3.69. The normalized spacial score (nSPS) is 13.1. The van der Waals surface area contributed by atoms with Crippen molar-refractivity contribution in [2.45, 2.75) is 53.4 Å². The van der Waals surface area contributed by atoms with Gasteiger partial charge in [-0.05, 0) is 59.5 Å². The topological polar surface area (TPSA) is 52.6 Å². The molecule has 0 atom stereocenters. The summed E-state index contributed by atoms with van der Waals surface area (Å²) in [5.74, 6) is -0.223. The Labute approximate surface area is 141 Å². The highest BCUT2D eigenvalue weighted by Gasteiger charge is 2.24. The Morgan fingerprint density at radius 1 is 0.913 bits per heavy atom. The van der Waals surface area contributed by atoms with Crippen LogP contribution in [-0.4, -0.2) is 26.2 Å². The quantitative estimate of drug-likeness (QED) is 0.284. The summed E-state index contributed by atoms with van der Waals surface area (Å²) in [6.07, 6.45) is 9.64. The van der Waals surface area contributed by atoms with Gasteiger partial charge in [-0.3, -0.25) is 9.36 Å². The van der Waals surface area contributed by atoms with Crippen molar-refractivity contribution in [1.82, 2.24) is 0 Å². The molecule has 0 aromatic heterocycles. The molecule has 132 valence electrons. The Morgan fingerprint density at radius 3 is 1.96 bits per heavy atom. The average Bonchev–Trinajstić information content (AvgIpc) is 2.46. The zero-order valence-electron chi connectivity index (χ0n) is 15.3. The summed E-state index contributed by atoms with van der Waals surface area (Å²) in [5, 5.41) is 0. The standard InChI is InChI=1S/C18H31O4P/c1-15(2)9-7-10-16(3)11-8-12-17(4)13-18(19)14-23(20,21-5)22-6/h9,11,13H,7-8,10,12,14H2,1-6H3. The molecule has 0 radical (unpaired) electrons. The summed E-state index contributed by atoms with van der Waals surface area (Å²) in [7, 11) is -0.690. The van der Waals surface area contributed by atoms with Crippen molar-refractivity contribution in [2.24, 2.45) is 0 Å². The molecule has 0 aromatic rings. The number of hydrogen-bond donors (Lipinski definition) is 0. The minimum absolute atomic E-state index is 0.213. The van der Waals surface area contributed by atoms with Gasteiger partial charge in [0.1, 0.15) is 6.16 Å². The van der Waals surface area contributed by atoms with Gasteiger partial charge in [0.25, 0.3) is 0 Å². The van der Waals surface area contributed by atoms with Crippen LogP contribution in [0, 0.1) is 0 Å². The lowest BCUT2D eigenvalue weighted by Gasteiger charge is -2.11. The molecule has 0 fully saturated rings. The Kier molecular flexibility index (Phi) is 11.1. The van der Waals surface area contributed by atoms with Gasteiger partial charge in [-0.1, -0.05) is 28.9 Å². The van der Waals surface area contributed by atoms with Crippen molar-refractivity contribution in [3.8, 4) is 0 Å². The number of allylic oxidation sites excluding steroid dienone is 6. The van der Waals surface area contributed by atoms with Crippen molar-refractivity contribution in [3.05, 3.63) is 34.9 Å². The van der Waals surface area contributed by atoms with Crippen LogP contribution in [0.25, 0.3) is 0 Å². The molecule has 0 amide bonds. The zero-order valence-corrected chi connectivity index (χ0v) is 16.2. The third kappa shape index (κ3) is 11.2. The number of rotatable bonds is 11. The molecule has 0 heterocycles. The van der Waals surface area contributed by atoms with E-state index >= 15 is 0 Å². The van der Waals surface area contributed by atoms with Crippen LogP contribution in [0.5, 0.6) is 0 Å². The van der Waals surface area contributed by atoms with E-state index in [2.05, 4.69) is 32.9 Å². The van der Waals surface area contributed by atoms with Crippen LogP contribution in [-0.2, 0) is 18.4 Å². The van der Waals surface area contributed by atoms with E-state index < -0.39 is 7.60 Å². The van der Waals surface area contributed by atoms with Gasteiger partial charge in [0.05, 0.1) is 0 Å². The van der Waals surface area contributed by atoms with Crippen LogP contribution in [0.4, 0.5) is 0 Å². The summed E-state index contributed by atoms with van der Waals surface area (Å²) < 4.78 is 21.4. The number of carbonyl (C=O) groups is 1. The fourth-order valence-electron chi connectivity index (χ4n) is 2.02. The van der Waals surface area contributed by atoms with E-state index in [0.717, 1.165) is 31.3 Å². The van der Waals surface area contributed by atoms with E-state index in [4.69, 9.17) is 9.05 Å². The van der Waals surface area contributed by atoms with Gasteiger partial charge < -0.3 is 9.05 Å². The maximum absolute atomic E-state index is 11.9. The Hall–Kier alpha value is -0.960. The minimum atomic E-state index is -3.27. The molecule has 0 rings (SSSR count). The molecule has 5 heteroatoms. The Morgan fingerprint density at radius 2 is 1.43 bits per heavy atom. The third-order valence-electron chi connectivity index (χ3n) is 3.44. The van der Waals surface area contributed by atoms with E-state index in [1.54, 1.807) is 0 Å². The molecular formula is C18H31O4P. The first-order chi connectivity index (χ1) is 10.7. The fraction of sp³-hybridized carbons (Fsp3) is 0.611. The van der Waals surface area contributed by atoms with Crippen LogP contribution in [0.15, 0.2) is 34.9 Å². The fourth-order valence-corrected chi connectivity index (χ4v) is 2.90. The molecule has 0 aromatic carbocycles. The first-order valence-electron chi connectivity index (χ1n) is 7.92. The van der Waals surface area contributed by atoms with Crippen LogP contribution in [0.3, 0.4) is 0 Å². The lowest BCUT2D eigenvalue weighted by Crippen LogP contribution is -2.05. The average molecular weight is 342 g/mol. The number of hydrogen-bond acceptors (Lipinski definition) is 4. The molecule has 23 heavy (non-hydrogen) atoms. The van der Waals surface area contributed by atoms with Gasteiger partial charge in [-0.15, -0.1) is 0 Å². The predicted molar refractivity (Wildman–Crippen MR) is 96.9 cm³/mol. The molecule has 0 aliphatic rings. The second kappa shape index (κ2) is 11.6. The first-order valence-corrected chi connectivity index (χ1v) is 9.64. The number of ketones is 1. The van der Waals surface area contributed by atoms with Gasteiger partial charge in [0.15, 0.2) is 5.78 Å². The van der Waals surface area contributed by atoms with Crippen molar-refractivity contribution in [1.29, 1.82) is 0 Å². The molecule has 0 saturated heterocycles. The van der Waals surface area contributed by atoms with Gasteiger partial charge in [-0.2, -0.15) is 0 Å². The van der Waals surface area contributed by atoms with E-state index in [1.165, 1.54) is 31.4 Å². The van der Waals surface area contributed by atoms with Crippen LogP contribution in [0.1, 0.15) is 53.4 Å². The van der Waals surface area contributed by atoms with Crippen molar-refractivity contribution >= 4 is 13.4 Å². The van der Waals surface area contributed by atoms with Gasteiger partial charge in [0.2, 0.25) is 0 Å². The Balaban J connectivity index is 4.32. The summed E-state index contributed by atoms with van der Waals surface area (Å²) >= 11 is 0. The van der Waals surface area contributed by atoms with Crippen LogP contribution < -0.4 is 0 Å². The van der Waals surface area contributed by atoms with Gasteiger partial charge in [-0.25, -0.2) is 0 Å².